The zero-order chi connectivity index (χ0) is 13.9. The Morgan fingerprint density at radius 1 is 1.40 bits per heavy atom. The van der Waals surface area contributed by atoms with E-state index in [1.807, 2.05) is 17.2 Å². The average molecular weight is 270 g/mol. The van der Waals surface area contributed by atoms with Crippen LogP contribution in [0, 0.1) is 17.8 Å². The van der Waals surface area contributed by atoms with E-state index < -0.39 is 0 Å². The maximum atomic E-state index is 11.8. The molecule has 0 unspecified atom stereocenters. The van der Waals surface area contributed by atoms with Crippen molar-refractivity contribution in [2.75, 3.05) is 13.1 Å². The Morgan fingerprint density at radius 2 is 2.30 bits per heavy atom. The minimum Gasteiger partial charge on any atom is -0.339 e. The summed E-state index contributed by atoms with van der Waals surface area (Å²) in [7, 11) is 0. The molecule has 1 aromatic rings. The maximum absolute atomic E-state index is 11.8. The van der Waals surface area contributed by atoms with Crippen LogP contribution in [0.5, 0.6) is 0 Å². The minimum atomic E-state index is 0.0935. The summed E-state index contributed by atoms with van der Waals surface area (Å²) in [6.07, 6.45) is 8.20. The Kier molecular flexibility index (Phi) is 3.86. The van der Waals surface area contributed by atoms with Gasteiger partial charge in [-0.15, -0.1) is 0 Å². The summed E-state index contributed by atoms with van der Waals surface area (Å²) in [5, 5.41) is 0. The molecular weight excluding hydrogens is 248 g/mol. The highest BCUT2D eigenvalue weighted by Gasteiger charge is 2.41. The summed E-state index contributed by atoms with van der Waals surface area (Å²) < 4.78 is 0. The molecule has 1 amide bonds. The fourth-order valence-corrected chi connectivity index (χ4v) is 3.94. The zero-order valence-corrected chi connectivity index (χ0v) is 11.9. The molecule has 1 saturated heterocycles. The molecule has 0 aromatic carbocycles. The van der Waals surface area contributed by atoms with Crippen LogP contribution >= 0.6 is 0 Å². The number of fused-ring (bicyclic) bond motifs is 1. The Labute approximate surface area is 120 Å². The van der Waals surface area contributed by atoms with Gasteiger partial charge >= 0.3 is 0 Å². The SMILES string of the molecule is C=CC(=O)N1C[C@H]2CCC[C@H](Cc3ccccn3)[C@H]2C1. The third-order valence-electron chi connectivity index (χ3n) is 4.93. The first-order valence-electron chi connectivity index (χ1n) is 7.59. The van der Waals surface area contributed by atoms with E-state index in [4.69, 9.17) is 0 Å². The maximum Gasteiger partial charge on any atom is 0.245 e. The molecule has 0 spiro atoms. The molecule has 2 fully saturated rings. The quantitative estimate of drug-likeness (QED) is 0.791. The first-order valence-corrected chi connectivity index (χ1v) is 7.59. The van der Waals surface area contributed by atoms with Gasteiger partial charge < -0.3 is 4.90 Å². The Hall–Kier alpha value is -1.64. The fourth-order valence-electron chi connectivity index (χ4n) is 3.94. The lowest BCUT2D eigenvalue weighted by Gasteiger charge is -2.32. The number of hydrogen-bond acceptors (Lipinski definition) is 2. The molecule has 20 heavy (non-hydrogen) atoms. The summed E-state index contributed by atoms with van der Waals surface area (Å²) in [6.45, 7) is 5.44. The van der Waals surface area contributed by atoms with E-state index in [1.54, 1.807) is 0 Å². The monoisotopic (exact) mass is 270 g/mol. The number of likely N-dealkylation sites (tertiary alicyclic amines) is 1. The van der Waals surface area contributed by atoms with Crippen molar-refractivity contribution in [2.45, 2.75) is 25.7 Å². The summed E-state index contributed by atoms with van der Waals surface area (Å²) in [5.74, 6) is 2.10. The molecule has 1 saturated carbocycles. The number of rotatable bonds is 3. The highest BCUT2D eigenvalue weighted by Crippen LogP contribution is 2.41. The largest absolute Gasteiger partial charge is 0.339 e. The number of hydrogen-bond donors (Lipinski definition) is 0. The van der Waals surface area contributed by atoms with Gasteiger partial charge in [-0.25, -0.2) is 0 Å². The van der Waals surface area contributed by atoms with Crippen LogP contribution < -0.4 is 0 Å². The Morgan fingerprint density at radius 3 is 3.05 bits per heavy atom. The van der Waals surface area contributed by atoms with Gasteiger partial charge in [-0.1, -0.05) is 19.1 Å². The normalized spacial score (nSPS) is 29.0. The number of pyridine rings is 1. The topological polar surface area (TPSA) is 33.2 Å². The molecule has 106 valence electrons. The van der Waals surface area contributed by atoms with Crippen molar-refractivity contribution in [2.24, 2.45) is 17.8 Å². The van der Waals surface area contributed by atoms with Crippen LogP contribution in [0.1, 0.15) is 25.0 Å². The number of aromatic nitrogens is 1. The second-order valence-corrected chi connectivity index (χ2v) is 6.09. The van der Waals surface area contributed by atoms with Crippen molar-refractivity contribution in [1.29, 1.82) is 0 Å². The third kappa shape index (κ3) is 2.62. The van der Waals surface area contributed by atoms with E-state index in [0.29, 0.717) is 17.8 Å². The van der Waals surface area contributed by atoms with Gasteiger partial charge in [-0.05, 0) is 55.2 Å². The molecule has 3 rings (SSSR count). The van der Waals surface area contributed by atoms with Gasteiger partial charge in [0.25, 0.3) is 0 Å². The lowest BCUT2D eigenvalue weighted by Crippen LogP contribution is -2.30. The van der Waals surface area contributed by atoms with Gasteiger partial charge in [0.1, 0.15) is 0 Å². The molecule has 1 aromatic heterocycles. The van der Waals surface area contributed by atoms with Crippen LogP contribution in [0.3, 0.4) is 0 Å². The Balaban J connectivity index is 1.70. The second kappa shape index (κ2) is 5.78. The smallest absolute Gasteiger partial charge is 0.245 e. The first-order chi connectivity index (χ1) is 9.78. The third-order valence-corrected chi connectivity index (χ3v) is 4.93. The van der Waals surface area contributed by atoms with Gasteiger partial charge in [-0.2, -0.15) is 0 Å². The van der Waals surface area contributed by atoms with Crippen molar-refractivity contribution in [3.8, 4) is 0 Å². The van der Waals surface area contributed by atoms with Crippen LogP contribution in [0.2, 0.25) is 0 Å². The zero-order valence-electron chi connectivity index (χ0n) is 11.9. The molecule has 3 heteroatoms. The van der Waals surface area contributed by atoms with Crippen LogP contribution in [0.4, 0.5) is 0 Å². The van der Waals surface area contributed by atoms with E-state index in [-0.39, 0.29) is 5.91 Å². The number of carbonyl (C=O) groups excluding carboxylic acids is 1. The van der Waals surface area contributed by atoms with E-state index in [1.165, 1.54) is 31.0 Å². The van der Waals surface area contributed by atoms with Crippen molar-refractivity contribution >= 4 is 5.91 Å². The molecule has 1 aliphatic carbocycles. The molecule has 3 nitrogen and oxygen atoms in total. The molecular formula is C17H22N2O. The summed E-state index contributed by atoms with van der Waals surface area (Å²) in [6, 6.07) is 6.14. The first kappa shape index (κ1) is 13.3. The molecule has 3 atom stereocenters. The molecule has 0 bridgehead atoms. The van der Waals surface area contributed by atoms with E-state index in [2.05, 4.69) is 23.7 Å². The van der Waals surface area contributed by atoms with E-state index >= 15 is 0 Å². The van der Waals surface area contributed by atoms with Crippen LogP contribution in [-0.2, 0) is 11.2 Å². The highest BCUT2D eigenvalue weighted by molar-refractivity contribution is 5.87. The van der Waals surface area contributed by atoms with Gasteiger partial charge in [0.05, 0.1) is 0 Å². The lowest BCUT2D eigenvalue weighted by molar-refractivity contribution is -0.125. The van der Waals surface area contributed by atoms with Crippen molar-refractivity contribution in [3.63, 3.8) is 0 Å². The second-order valence-electron chi connectivity index (χ2n) is 6.09. The number of nitrogens with zero attached hydrogens (tertiary/aromatic N) is 2. The fraction of sp³-hybridized carbons (Fsp3) is 0.529. The summed E-state index contributed by atoms with van der Waals surface area (Å²) in [5.41, 5.74) is 1.19. The van der Waals surface area contributed by atoms with Gasteiger partial charge in [0, 0.05) is 25.0 Å². The van der Waals surface area contributed by atoms with Crippen LogP contribution in [0.25, 0.3) is 0 Å². The predicted octanol–water partition coefficient (Wildman–Crippen LogP) is 2.68. The average Bonchev–Trinajstić information content (AvgIpc) is 2.93. The Bertz CT molecular complexity index is 485. The van der Waals surface area contributed by atoms with E-state index in [0.717, 1.165) is 19.5 Å². The summed E-state index contributed by atoms with van der Waals surface area (Å²) in [4.78, 5) is 18.3. The van der Waals surface area contributed by atoms with Crippen molar-refractivity contribution in [3.05, 3.63) is 42.7 Å². The lowest BCUT2D eigenvalue weighted by atomic mass is 9.72. The standard InChI is InChI=1S/C17H22N2O/c1-2-17(20)19-11-14-7-5-6-13(16(14)12-19)10-15-8-3-4-9-18-15/h2-4,8-9,13-14,16H,1,5-7,10-12H2/t13-,14-,16-/m1/s1. The van der Waals surface area contributed by atoms with Gasteiger partial charge in [0.2, 0.25) is 5.91 Å². The molecule has 1 aliphatic heterocycles. The van der Waals surface area contributed by atoms with E-state index in [9.17, 15) is 4.79 Å². The van der Waals surface area contributed by atoms with Crippen LogP contribution in [0.15, 0.2) is 37.1 Å². The van der Waals surface area contributed by atoms with Crippen LogP contribution in [-0.4, -0.2) is 28.9 Å². The number of carbonyl (C=O) groups is 1. The molecule has 2 aliphatic rings. The van der Waals surface area contributed by atoms with Crippen molar-refractivity contribution in [1.82, 2.24) is 9.88 Å². The van der Waals surface area contributed by atoms with Gasteiger partial charge in [0.15, 0.2) is 0 Å². The van der Waals surface area contributed by atoms with Gasteiger partial charge in [-0.3, -0.25) is 9.78 Å². The predicted molar refractivity (Wildman–Crippen MR) is 79.0 cm³/mol. The minimum absolute atomic E-state index is 0.0935. The highest BCUT2D eigenvalue weighted by atomic mass is 16.2. The summed E-state index contributed by atoms with van der Waals surface area (Å²) >= 11 is 0. The molecule has 2 heterocycles. The number of amides is 1. The van der Waals surface area contributed by atoms with Crippen molar-refractivity contribution < 1.29 is 4.79 Å². The molecule has 0 N–H and O–H groups in total. The molecule has 0 radical (unpaired) electrons.